The fourth-order valence-corrected chi connectivity index (χ4v) is 3.28. The Balaban J connectivity index is 1.62. The van der Waals surface area contributed by atoms with Crippen molar-refractivity contribution in [1.29, 1.82) is 0 Å². The first-order chi connectivity index (χ1) is 12.5. The second-order valence-corrected chi connectivity index (χ2v) is 7.00. The molecule has 0 saturated heterocycles. The molecule has 26 heavy (non-hydrogen) atoms. The zero-order chi connectivity index (χ0) is 18.7. The van der Waals surface area contributed by atoms with Crippen molar-refractivity contribution in [2.24, 2.45) is 0 Å². The largest absolute Gasteiger partial charge is 0.459 e. The molecule has 2 atom stereocenters. The summed E-state index contributed by atoms with van der Waals surface area (Å²) in [5.74, 6) is 0.795. The lowest BCUT2D eigenvalue weighted by molar-refractivity contribution is -0.123. The van der Waals surface area contributed by atoms with Crippen molar-refractivity contribution in [1.82, 2.24) is 10.2 Å². The van der Waals surface area contributed by atoms with Gasteiger partial charge in [-0.25, -0.2) is 0 Å². The van der Waals surface area contributed by atoms with Crippen LogP contribution in [0.5, 0.6) is 0 Å². The molecule has 0 aliphatic rings. The first-order valence-corrected chi connectivity index (χ1v) is 9.06. The topological polar surface area (TPSA) is 45.5 Å². The Morgan fingerprint density at radius 1 is 1.15 bits per heavy atom. The molecule has 3 aromatic rings. The van der Waals surface area contributed by atoms with Gasteiger partial charge in [-0.05, 0) is 44.7 Å². The van der Waals surface area contributed by atoms with Gasteiger partial charge in [0, 0.05) is 10.4 Å². The first-order valence-electron chi connectivity index (χ1n) is 8.68. The lowest BCUT2D eigenvalue weighted by atomic mass is 10.1. The standard InChI is InChI=1S/C21H23ClN2O2/c1-14(17-9-5-6-10-18(17)22)23-21(25)13-24(3)15(2)20-12-16-8-4-7-11-19(16)26-20/h4-12,14-15H,13H2,1-3H3,(H,23,25)/t14-,15+/m1/s1. The molecule has 0 radical (unpaired) electrons. The number of amides is 1. The third-order valence-corrected chi connectivity index (χ3v) is 5.00. The highest BCUT2D eigenvalue weighted by Crippen LogP contribution is 2.26. The third kappa shape index (κ3) is 4.09. The quantitative estimate of drug-likeness (QED) is 0.667. The number of nitrogens with one attached hydrogen (secondary N) is 1. The molecule has 1 heterocycles. The van der Waals surface area contributed by atoms with Crippen molar-refractivity contribution in [3.8, 4) is 0 Å². The van der Waals surface area contributed by atoms with Gasteiger partial charge in [-0.15, -0.1) is 0 Å². The van der Waals surface area contributed by atoms with Crippen LogP contribution in [-0.2, 0) is 4.79 Å². The zero-order valence-corrected chi connectivity index (χ0v) is 16.0. The molecule has 3 rings (SSSR count). The van der Waals surface area contributed by atoms with Crippen LogP contribution in [-0.4, -0.2) is 24.4 Å². The highest BCUT2D eigenvalue weighted by atomic mass is 35.5. The molecule has 0 aliphatic heterocycles. The fraction of sp³-hybridized carbons (Fsp3) is 0.286. The molecule has 0 unspecified atom stereocenters. The second-order valence-electron chi connectivity index (χ2n) is 6.59. The van der Waals surface area contributed by atoms with Crippen LogP contribution in [0.1, 0.15) is 37.3 Å². The second kappa shape index (κ2) is 7.94. The predicted molar refractivity (Wildman–Crippen MR) is 105 cm³/mol. The highest BCUT2D eigenvalue weighted by molar-refractivity contribution is 6.31. The van der Waals surface area contributed by atoms with E-state index in [1.54, 1.807) is 0 Å². The molecule has 0 spiro atoms. The molecule has 0 fully saturated rings. The summed E-state index contributed by atoms with van der Waals surface area (Å²) in [6.45, 7) is 4.23. The maximum atomic E-state index is 12.4. The molecular weight excluding hydrogens is 348 g/mol. The van der Waals surface area contributed by atoms with E-state index >= 15 is 0 Å². The number of likely N-dealkylation sites (N-methyl/N-ethyl adjacent to an activating group) is 1. The van der Waals surface area contributed by atoms with Gasteiger partial charge in [0.05, 0.1) is 18.6 Å². The summed E-state index contributed by atoms with van der Waals surface area (Å²) in [6, 6.07) is 17.3. The molecule has 0 bridgehead atoms. The van der Waals surface area contributed by atoms with Crippen molar-refractivity contribution in [2.75, 3.05) is 13.6 Å². The molecule has 2 aromatic carbocycles. The van der Waals surface area contributed by atoms with Gasteiger partial charge in [-0.3, -0.25) is 9.69 Å². The average molecular weight is 371 g/mol. The average Bonchev–Trinajstić information content (AvgIpc) is 3.05. The minimum absolute atomic E-state index is 0.0104. The van der Waals surface area contributed by atoms with Crippen LogP contribution < -0.4 is 5.32 Å². The summed E-state index contributed by atoms with van der Waals surface area (Å²) in [5, 5.41) is 4.73. The summed E-state index contributed by atoms with van der Waals surface area (Å²) in [7, 11) is 1.91. The lowest BCUT2D eigenvalue weighted by Gasteiger charge is -2.23. The normalized spacial score (nSPS) is 13.7. The number of hydrogen-bond donors (Lipinski definition) is 1. The number of carbonyl (C=O) groups excluding carboxylic acids is 1. The monoisotopic (exact) mass is 370 g/mol. The van der Waals surface area contributed by atoms with E-state index in [4.69, 9.17) is 16.0 Å². The van der Waals surface area contributed by atoms with E-state index in [2.05, 4.69) is 5.32 Å². The van der Waals surface area contributed by atoms with Gasteiger partial charge in [0.1, 0.15) is 11.3 Å². The van der Waals surface area contributed by atoms with Crippen LogP contribution in [0.4, 0.5) is 0 Å². The van der Waals surface area contributed by atoms with E-state index in [0.29, 0.717) is 5.02 Å². The maximum absolute atomic E-state index is 12.4. The number of halogens is 1. The van der Waals surface area contributed by atoms with E-state index in [-0.39, 0.29) is 24.5 Å². The predicted octanol–water partition coefficient (Wildman–Crippen LogP) is 4.96. The van der Waals surface area contributed by atoms with Crippen LogP contribution in [0.2, 0.25) is 5.02 Å². The van der Waals surface area contributed by atoms with Gasteiger partial charge >= 0.3 is 0 Å². The molecule has 1 N–H and O–H groups in total. The number of hydrogen-bond acceptors (Lipinski definition) is 3. The van der Waals surface area contributed by atoms with E-state index in [9.17, 15) is 4.79 Å². The number of benzene rings is 2. The van der Waals surface area contributed by atoms with Crippen LogP contribution in [0.15, 0.2) is 59.0 Å². The molecule has 4 nitrogen and oxygen atoms in total. The highest BCUT2D eigenvalue weighted by Gasteiger charge is 2.20. The summed E-state index contributed by atoms with van der Waals surface area (Å²) in [5.41, 5.74) is 1.77. The Hall–Kier alpha value is -2.30. The Bertz CT molecular complexity index is 873. The minimum Gasteiger partial charge on any atom is -0.459 e. The Labute approximate surface area is 158 Å². The van der Waals surface area contributed by atoms with Crippen molar-refractivity contribution >= 4 is 28.5 Å². The van der Waals surface area contributed by atoms with Gasteiger partial charge in [0.2, 0.25) is 5.91 Å². The number of para-hydroxylation sites is 1. The van der Waals surface area contributed by atoms with Crippen LogP contribution in [0.3, 0.4) is 0 Å². The first kappa shape index (κ1) is 18.5. The van der Waals surface area contributed by atoms with Gasteiger partial charge in [-0.2, -0.15) is 0 Å². The molecule has 0 saturated carbocycles. The SMILES string of the molecule is C[C@@H](NC(=O)CN(C)[C@@H](C)c1cc2ccccc2o1)c1ccccc1Cl. The minimum atomic E-state index is -0.147. The summed E-state index contributed by atoms with van der Waals surface area (Å²) >= 11 is 6.20. The van der Waals surface area contributed by atoms with E-state index in [1.165, 1.54) is 0 Å². The van der Waals surface area contributed by atoms with Crippen LogP contribution in [0.25, 0.3) is 11.0 Å². The number of rotatable bonds is 6. The summed E-state index contributed by atoms with van der Waals surface area (Å²) in [4.78, 5) is 14.4. The Morgan fingerprint density at radius 2 is 1.85 bits per heavy atom. The summed E-state index contributed by atoms with van der Waals surface area (Å²) in [6.07, 6.45) is 0. The van der Waals surface area contributed by atoms with Gasteiger partial charge in [-0.1, -0.05) is 48.0 Å². The van der Waals surface area contributed by atoms with Crippen molar-refractivity contribution in [3.63, 3.8) is 0 Å². The molecular formula is C21H23ClN2O2. The zero-order valence-electron chi connectivity index (χ0n) is 15.2. The fourth-order valence-electron chi connectivity index (χ4n) is 2.98. The number of fused-ring (bicyclic) bond motifs is 1. The number of carbonyl (C=O) groups is 1. The van der Waals surface area contributed by atoms with Crippen LogP contribution in [0, 0.1) is 0 Å². The van der Waals surface area contributed by atoms with Crippen molar-refractivity contribution < 1.29 is 9.21 Å². The summed E-state index contributed by atoms with van der Waals surface area (Å²) < 4.78 is 5.91. The number of furan rings is 1. The van der Waals surface area contributed by atoms with Crippen molar-refractivity contribution in [3.05, 3.63) is 70.9 Å². The molecule has 5 heteroatoms. The van der Waals surface area contributed by atoms with Gasteiger partial charge in [0.25, 0.3) is 0 Å². The lowest BCUT2D eigenvalue weighted by Crippen LogP contribution is -2.37. The third-order valence-electron chi connectivity index (χ3n) is 4.66. The number of nitrogens with zero attached hydrogens (tertiary/aromatic N) is 1. The Morgan fingerprint density at radius 3 is 2.58 bits per heavy atom. The van der Waals surface area contributed by atoms with Crippen molar-refractivity contribution in [2.45, 2.75) is 25.9 Å². The van der Waals surface area contributed by atoms with E-state index in [1.807, 2.05) is 80.4 Å². The molecule has 136 valence electrons. The maximum Gasteiger partial charge on any atom is 0.234 e. The Kier molecular flexibility index (Phi) is 5.64. The van der Waals surface area contributed by atoms with E-state index in [0.717, 1.165) is 22.3 Å². The van der Waals surface area contributed by atoms with E-state index < -0.39 is 0 Å². The molecule has 1 aromatic heterocycles. The van der Waals surface area contributed by atoms with Crippen LogP contribution >= 0.6 is 11.6 Å². The van der Waals surface area contributed by atoms with Gasteiger partial charge in [0.15, 0.2) is 0 Å². The van der Waals surface area contributed by atoms with Gasteiger partial charge < -0.3 is 9.73 Å². The smallest absolute Gasteiger partial charge is 0.234 e. The molecule has 0 aliphatic carbocycles. The molecule has 1 amide bonds.